The molecule has 32 heavy (non-hydrogen) atoms. The van der Waals surface area contributed by atoms with Gasteiger partial charge >= 0.3 is 0 Å². The highest BCUT2D eigenvalue weighted by molar-refractivity contribution is 5.92. The van der Waals surface area contributed by atoms with Crippen molar-refractivity contribution in [3.05, 3.63) is 82.0 Å². The van der Waals surface area contributed by atoms with Gasteiger partial charge in [-0.1, -0.05) is 18.2 Å². The number of carbonyl (C=O) groups is 1. The number of aromatic nitrogens is 3. The number of hydrogen-bond acceptors (Lipinski definition) is 5. The van der Waals surface area contributed by atoms with Crippen LogP contribution in [-0.2, 0) is 13.1 Å². The van der Waals surface area contributed by atoms with Crippen molar-refractivity contribution >= 4 is 22.5 Å². The predicted octanol–water partition coefficient (Wildman–Crippen LogP) is 2.11. The van der Waals surface area contributed by atoms with Crippen molar-refractivity contribution in [2.45, 2.75) is 44.5 Å². The molecule has 4 N–H and O–H groups in total. The summed E-state index contributed by atoms with van der Waals surface area (Å²) in [4.78, 5) is 32.5. The van der Waals surface area contributed by atoms with Crippen LogP contribution in [0.1, 0.15) is 41.0 Å². The maximum Gasteiger partial charge on any atom is 0.270 e. The lowest BCUT2D eigenvalue weighted by Gasteiger charge is -2.15. The van der Waals surface area contributed by atoms with E-state index in [0.29, 0.717) is 18.7 Å². The standard InChI is InChI=1S/C24H25N5O3/c30-21-5-3-4-18(21)25-14-17-11-16-8-7-15(10-19(16)27-17)13-26-24(32)20-12-23(31)29-9-2-1-6-22(29)28-20/h1-2,6-12,18,21,25,27,30H,3-5,13-14H2,(H,26,32)/t18-,21-/m0/s1. The van der Waals surface area contributed by atoms with Gasteiger partial charge in [-0.3, -0.25) is 14.0 Å². The maximum atomic E-state index is 12.6. The Morgan fingerprint density at radius 3 is 2.91 bits per heavy atom. The van der Waals surface area contributed by atoms with Gasteiger partial charge in [0.1, 0.15) is 11.3 Å². The fraction of sp³-hybridized carbons (Fsp3) is 0.292. The molecule has 0 aliphatic heterocycles. The van der Waals surface area contributed by atoms with Crippen LogP contribution in [0.15, 0.2) is 59.5 Å². The van der Waals surface area contributed by atoms with Crippen molar-refractivity contribution in [3.63, 3.8) is 0 Å². The summed E-state index contributed by atoms with van der Waals surface area (Å²) in [6.45, 7) is 0.997. The summed E-state index contributed by atoms with van der Waals surface area (Å²) in [5, 5.41) is 17.3. The van der Waals surface area contributed by atoms with Gasteiger partial charge in [0.05, 0.1) is 6.10 Å². The summed E-state index contributed by atoms with van der Waals surface area (Å²) in [5.74, 6) is -0.389. The lowest BCUT2D eigenvalue weighted by Crippen LogP contribution is -2.35. The van der Waals surface area contributed by atoms with Crippen LogP contribution in [0, 0.1) is 0 Å². The van der Waals surface area contributed by atoms with E-state index in [2.05, 4.69) is 26.7 Å². The van der Waals surface area contributed by atoms with Crippen molar-refractivity contribution in [1.82, 2.24) is 25.0 Å². The molecule has 0 radical (unpaired) electrons. The summed E-state index contributed by atoms with van der Waals surface area (Å²) in [6, 6.07) is 14.7. The summed E-state index contributed by atoms with van der Waals surface area (Å²) in [5.41, 5.74) is 3.23. The molecule has 164 valence electrons. The van der Waals surface area contributed by atoms with Crippen LogP contribution in [0.25, 0.3) is 16.6 Å². The molecule has 4 aromatic rings. The van der Waals surface area contributed by atoms with Crippen molar-refractivity contribution in [1.29, 1.82) is 0 Å². The number of pyridine rings is 1. The van der Waals surface area contributed by atoms with E-state index in [1.54, 1.807) is 24.4 Å². The topological polar surface area (TPSA) is 112 Å². The molecule has 3 heterocycles. The van der Waals surface area contributed by atoms with Gasteiger partial charge in [-0.15, -0.1) is 0 Å². The number of amides is 1. The summed E-state index contributed by atoms with van der Waals surface area (Å²) in [6.07, 6.45) is 4.29. The first-order chi connectivity index (χ1) is 15.6. The fourth-order valence-electron chi connectivity index (χ4n) is 4.30. The van der Waals surface area contributed by atoms with Crippen molar-refractivity contribution < 1.29 is 9.90 Å². The first kappa shape index (κ1) is 20.4. The Labute approximate surface area is 184 Å². The zero-order chi connectivity index (χ0) is 22.1. The van der Waals surface area contributed by atoms with E-state index in [0.717, 1.165) is 41.4 Å². The highest BCUT2D eigenvalue weighted by atomic mass is 16.3. The number of aromatic amines is 1. The number of H-pyrrole nitrogens is 1. The molecule has 1 amide bonds. The lowest BCUT2D eigenvalue weighted by molar-refractivity contribution is 0.0946. The van der Waals surface area contributed by atoms with Gasteiger partial charge in [0.2, 0.25) is 0 Å². The molecular weight excluding hydrogens is 406 g/mol. The molecule has 1 fully saturated rings. The molecular formula is C24H25N5O3. The molecule has 0 unspecified atom stereocenters. The number of carbonyl (C=O) groups excluding carboxylic acids is 1. The lowest BCUT2D eigenvalue weighted by atomic mass is 10.1. The smallest absolute Gasteiger partial charge is 0.270 e. The van der Waals surface area contributed by atoms with Gasteiger partial charge in [-0.25, -0.2) is 4.98 Å². The van der Waals surface area contributed by atoms with Gasteiger partial charge in [0.15, 0.2) is 0 Å². The number of rotatable bonds is 6. The number of fused-ring (bicyclic) bond motifs is 2. The average molecular weight is 431 g/mol. The van der Waals surface area contributed by atoms with Crippen LogP contribution in [-0.4, -0.2) is 37.5 Å². The Balaban J connectivity index is 1.25. The minimum atomic E-state index is -0.389. The molecule has 8 heteroatoms. The van der Waals surface area contributed by atoms with Gasteiger partial charge in [-0.2, -0.15) is 0 Å². The van der Waals surface area contributed by atoms with Gasteiger partial charge in [0, 0.05) is 42.6 Å². The minimum Gasteiger partial charge on any atom is -0.392 e. The van der Waals surface area contributed by atoms with Gasteiger partial charge in [0.25, 0.3) is 11.5 Å². The Hall–Kier alpha value is -3.49. The third kappa shape index (κ3) is 4.15. The molecule has 1 aliphatic carbocycles. The first-order valence-corrected chi connectivity index (χ1v) is 10.9. The quantitative estimate of drug-likeness (QED) is 0.374. The molecule has 1 saturated carbocycles. The summed E-state index contributed by atoms with van der Waals surface area (Å²) >= 11 is 0. The number of aliphatic hydroxyl groups excluding tert-OH is 1. The molecule has 0 saturated heterocycles. The fourth-order valence-corrected chi connectivity index (χ4v) is 4.30. The largest absolute Gasteiger partial charge is 0.392 e. The third-order valence-electron chi connectivity index (χ3n) is 6.03. The average Bonchev–Trinajstić information content (AvgIpc) is 3.40. The molecule has 0 spiro atoms. The molecule has 2 atom stereocenters. The number of hydrogen-bond donors (Lipinski definition) is 4. The van der Waals surface area contributed by atoms with Crippen LogP contribution in [0.3, 0.4) is 0 Å². The Morgan fingerprint density at radius 2 is 2.06 bits per heavy atom. The Bertz CT molecular complexity index is 1340. The number of nitrogens with zero attached hydrogens (tertiary/aromatic N) is 2. The highest BCUT2D eigenvalue weighted by Gasteiger charge is 2.24. The Kier molecular flexibility index (Phi) is 5.46. The minimum absolute atomic E-state index is 0.101. The second-order valence-corrected chi connectivity index (χ2v) is 8.29. The van der Waals surface area contributed by atoms with Crippen molar-refractivity contribution in [2.24, 2.45) is 0 Å². The zero-order valence-electron chi connectivity index (χ0n) is 17.5. The molecule has 8 nitrogen and oxygen atoms in total. The highest BCUT2D eigenvalue weighted by Crippen LogP contribution is 2.21. The molecule has 1 aromatic carbocycles. The molecule has 0 bridgehead atoms. The van der Waals surface area contributed by atoms with E-state index < -0.39 is 0 Å². The monoisotopic (exact) mass is 431 g/mol. The van der Waals surface area contributed by atoms with Crippen LogP contribution in [0.2, 0.25) is 0 Å². The molecule has 5 rings (SSSR count). The Morgan fingerprint density at radius 1 is 1.16 bits per heavy atom. The van der Waals surface area contributed by atoms with Crippen LogP contribution in [0.4, 0.5) is 0 Å². The van der Waals surface area contributed by atoms with Gasteiger partial charge < -0.3 is 20.7 Å². The number of nitrogens with one attached hydrogen (secondary N) is 3. The van der Waals surface area contributed by atoms with E-state index in [1.807, 2.05) is 18.2 Å². The number of aliphatic hydroxyl groups is 1. The van der Waals surface area contributed by atoms with Crippen molar-refractivity contribution in [2.75, 3.05) is 0 Å². The van der Waals surface area contributed by atoms with E-state index in [9.17, 15) is 14.7 Å². The third-order valence-corrected chi connectivity index (χ3v) is 6.03. The maximum absolute atomic E-state index is 12.6. The van der Waals surface area contributed by atoms with Crippen LogP contribution >= 0.6 is 0 Å². The molecule has 3 aromatic heterocycles. The van der Waals surface area contributed by atoms with Crippen LogP contribution < -0.4 is 16.2 Å². The second kappa shape index (κ2) is 8.57. The van der Waals surface area contributed by atoms with E-state index >= 15 is 0 Å². The van der Waals surface area contributed by atoms with E-state index in [-0.39, 0.29) is 29.3 Å². The van der Waals surface area contributed by atoms with Gasteiger partial charge in [-0.05, 0) is 54.5 Å². The summed E-state index contributed by atoms with van der Waals surface area (Å²) < 4.78 is 1.40. The normalized spacial score (nSPS) is 18.4. The van der Waals surface area contributed by atoms with E-state index in [1.165, 1.54) is 10.5 Å². The predicted molar refractivity (Wildman–Crippen MR) is 121 cm³/mol. The number of benzene rings is 1. The molecule has 1 aliphatic rings. The summed E-state index contributed by atoms with van der Waals surface area (Å²) in [7, 11) is 0. The zero-order valence-corrected chi connectivity index (χ0v) is 17.5. The SMILES string of the molecule is O=C(NCc1ccc2cc(CN[C@H]3CCC[C@@H]3O)[nH]c2c1)c1cc(=O)n2ccccc2n1. The van der Waals surface area contributed by atoms with E-state index in [4.69, 9.17) is 0 Å². The van der Waals surface area contributed by atoms with Crippen molar-refractivity contribution in [3.8, 4) is 0 Å². The second-order valence-electron chi connectivity index (χ2n) is 8.29. The first-order valence-electron chi connectivity index (χ1n) is 10.9. The van der Waals surface area contributed by atoms with Crippen LogP contribution in [0.5, 0.6) is 0 Å².